The Bertz CT molecular complexity index is 895. The standard InChI is InChI=1S/C19H19ClN2O2S/c1-11(12-3-4-12)22-10-15-7-14(13-5-6-21-17(20)9-13)8-16(25(2)24)18(15)19(22)23/h5-9,11-12H,3-4,10H2,1-2H3. The number of nitrogens with zero attached hydrogens (tertiary/aromatic N) is 2. The molecule has 0 radical (unpaired) electrons. The van der Waals surface area contributed by atoms with Crippen LogP contribution in [0.2, 0.25) is 5.15 Å². The predicted molar refractivity (Wildman–Crippen MR) is 99.1 cm³/mol. The van der Waals surface area contributed by atoms with Gasteiger partial charge < -0.3 is 4.90 Å². The van der Waals surface area contributed by atoms with Crippen molar-refractivity contribution in [3.63, 3.8) is 0 Å². The van der Waals surface area contributed by atoms with Crippen LogP contribution >= 0.6 is 11.6 Å². The van der Waals surface area contributed by atoms with Crippen LogP contribution in [0.5, 0.6) is 0 Å². The molecule has 130 valence electrons. The molecule has 0 N–H and O–H groups in total. The van der Waals surface area contributed by atoms with Crippen molar-refractivity contribution in [2.24, 2.45) is 5.92 Å². The van der Waals surface area contributed by atoms with Gasteiger partial charge in [-0.05, 0) is 66.6 Å². The SMILES string of the molecule is CC(C1CC1)N1Cc2cc(-c3ccnc(Cl)c3)cc(S(C)=O)c2C1=O. The molecule has 1 fully saturated rings. The molecule has 2 heterocycles. The molecule has 1 saturated carbocycles. The summed E-state index contributed by atoms with van der Waals surface area (Å²) in [6.45, 7) is 2.70. The van der Waals surface area contributed by atoms with Gasteiger partial charge in [0.05, 0.1) is 21.3 Å². The van der Waals surface area contributed by atoms with Gasteiger partial charge in [0, 0.05) is 25.0 Å². The van der Waals surface area contributed by atoms with Crippen LogP contribution in [0.1, 0.15) is 35.7 Å². The van der Waals surface area contributed by atoms with Crippen molar-refractivity contribution in [1.29, 1.82) is 0 Å². The van der Waals surface area contributed by atoms with E-state index in [2.05, 4.69) is 11.9 Å². The Morgan fingerprint density at radius 2 is 2.04 bits per heavy atom. The van der Waals surface area contributed by atoms with E-state index in [0.717, 1.165) is 16.7 Å². The molecule has 4 rings (SSSR count). The van der Waals surface area contributed by atoms with Crippen molar-refractivity contribution in [1.82, 2.24) is 9.88 Å². The molecule has 0 bridgehead atoms. The van der Waals surface area contributed by atoms with Gasteiger partial charge in [0.1, 0.15) is 5.15 Å². The molecule has 2 atom stereocenters. The van der Waals surface area contributed by atoms with Gasteiger partial charge >= 0.3 is 0 Å². The zero-order valence-corrected chi connectivity index (χ0v) is 15.7. The topological polar surface area (TPSA) is 50.3 Å². The summed E-state index contributed by atoms with van der Waals surface area (Å²) in [6.07, 6.45) is 5.66. The number of hydrogen-bond acceptors (Lipinski definition) is 3. The summed E-state index contributed by atoms with van der Waals surface area (Å²) in [6, 6.07) is 7.76. The van der Waals surface area contributed by atoms with E-state index in [0.29, 0.717) is 28.1 Å². The number of carbonyl (C=O) groups is 1. The summed E-state index contributed by atoms with van der Waals surface area (Å²) in [5.41, 5.74) is 3.41. The van der Waals surface area contributed by atoms with E-state index in [1.165, 1.54) is 12.8 Å². The molecule has 1 aromatic heterocycles. The lowest BCUT2D eigenvalue weighted by atomic mass is 10.0. The lowest BCUT2D eigenvalue weighted by Gasteiger charge is -2.24. The number of hydrogen-bond donors (Lipinski definition) is 0. The van der Waals surface area contributed by atoms with Gasteiger partial charge in [0.15, 0.2) is 0 Å². The van der Waals surface area contributed by atoms with Gasteiger partial charge in [-0.25, -0.2) is 4.98 Å². The second kappa shape index (κ2) is 6.22. The fourth-order valence-electron chi connectivity index (χ4n) is 3.58. The number of aromatic nitrogens is 1. The van der Waals surface area contributed by atoms with Crippen LogP contribution in [-0.4, -0.2) is 32.3 Å². The number of rotatable bonds is 4. The smallest absolute Gasteiger partial charge is 0.255 e. The van der Waals surface area contributed by atoms with E-state index in [-0.39, 0.29) is 11.9 Å². The molecule has 1 aromatic carbocycles. The first kappa shape index (κ1) is 16.7. The van der Waals surface area contributed by atoms with Gasteiger partial charge in [0.2, 0.25) is 0 Å². The first-order chi connectivity index (χ1) is 12.0. The highest BCUT2D eigenvalue weighted by molar-refractivity contribution is 7.84. The Kier molecular flexibility index (Phi) is 4.16. The van der Waals surface area contributed by atoms with Crippen LogP contribution in [0.25, 0.3) is 11.1 Å². The van der Waals surface area contributed by atoms with Crippen molar-refractivity contribution in [3.05, 3.63) is 46.7 Å². The van der Waals surface area contributed by atoms with E-state index in [4.69, 9.17) is 11.6 Å². The van der Waals surface area contributed by atoms with Crippen molar-refractivity contribution in [2.75, 3.05) is 6.26 Å². The molecule has 1 aliphatic heterocycles. The van der Waals surface area contributed by atoms with E-state index < -0.39 is 10.8 Å². The molecule has 1 aliphatic carbocycles. The Labute approximate surface area is 154 Å². The molecular weight excluding hydrogens is 356 g/mol. The average Bonchev–Trinajstić information content (AvgIpc) is 3.38. The molecule has 2 aliphatic rings. The second-order valence-corrected chi connectivity index (χ2v) is 8.58. The lowest BCUT2D eigenvalue weighted by molar-refractivity contribution is 0.0695. The number of carbonyl (C=O) groups excluding carboxylic acids is 1. The maximum Gasteiger partial charge on any atom is 0.255 e. The summed E-state index contributed by atoms with van der Waals surface area (Å²) in [5.74, 6) is 0.617. The Morgan fingerprint density at radius 1 is 1.28 bits per heavy atom. The minimum atomic E-state index is -1.24. The van der Waals surface area contributed by atoms with Crippen molar-refractivity contribution in [3.8, 4) is 11.1 Å². The van der Waals surface area contributed by atoms with Crippen molar-refractivity contribution < 1.29 is 9.00 Å². The number of halogens is 1. The molecule has 0 saturated heterocycles. The zero-order valence-electron chi connectivity index (χ0n) is 14.2. The van der Waals surface area contributed by atoms with E-state index >= 15 is 0 Å². The van der Waals surface area contributed by atoms with Crippen LogP contribution < -0.4 is 0 Å². The normalized spacial score (nSPS) is 19.0. The van der Waals surface area contributed by atoms with Crippen LogP contribution in [0.4, 0.5) is 0 Å². The van der Waals surface area contributed by atoms with E-state index in [9.17, 15) is 9.00 Å². The van der Waals surface area contributed by atoms with Crippen molar-refractivity contribution >= 4 is 28.3 Å². The summed E-state index contributed by atoms with van der Waals surface area (Å²) >= 11 is 6.01. The zero-order chi connectivity index (χ0) is 17.7. The highest BCUT2D eigenvalue weighted by Crippen LogP contribution is 2.40. The Balaban J connectivity index is 1.80. The van der Waals surface area contributed by atoms with Crippen LogP contribution in [0.3, 0.4) is 0 Å². The van der Waals surface area contributed by atoms with Crippen LogP contribution in [0.15, 0.2) is 35.4 Å². The Hall–Kier alpha value is -1.72. The van der Waals surface area contributed by atoms with Gasteiger partial charge in [-0.3, -0.25) is 9.00 Å². The first-order valence-electron chi connectivity index (χ1n) is 8.39. The number of benzene rings is 1. The number of fused-ring (bicyclic) bond motifs is 1. The summed E-state index contributed by atoms with van der Waals surface area (Å²) in [5, 5.41) is 0.414. The molecule has 2 unspecified atom stereocenters. The van der Waals surface area contributed by atoms with Gasteiger partial charge in [-0.2, -0.15) is 0 Å². The molecule has 4 nitrogen and oxygen atoms in total. The highest BCUT2D eigenvalue weighted by atomic mass is 35.5. The molecule has 2 aromatic rings. The quantitative estimate of drug-likeness (QED) is 0.763. The van der Waals surface area contributed by atoms with E-state index in [1.54, 1.807) is 18.5 Å². The average molecular weight is 375 g/mol. The minimum Gasteiger partial charge on any atom is -0.331 e. The maximum atomic E-state index is 13.0. The molecule has 25 heavy (non-hydrogen) atoms. The Morgan fingerprint density at radius 3 is 2.68 bits per heavy atom. The van der Waals surface area contributed by atoms with Gasteiger partial charge in [0.25, 0.3) is 5.91 Å². The molecular formula is C19H19ClN2O2S. The third kappa shape index (κ3) is 3.00. The van der Waals surface area contributed by atoms with Gasteiger partial charge in [-0.15, -0.1) is 0 Å². The van der Waals surface area contributed by atoms with Crippen LogP contribution in [0, 0.1) is 5.92 Å². The molecule has 0 spiro atoms. The fourth-order valence-corrected chi connectivity index (χ4v) is 4.55. The largest absolute Gasteiger partial charge is 0.331 e. The molecule has 6 heteroatoms. The van der Waals surface area contributed by atoms with Crippen LogP contribution in [-0.2, 0) is 17.3 Å². The number of pyridine rings is 1. The fraction of sp³-hybridized carbons (Fsp3) is 0.368. The predicted octanol–water partition coefficient (Wildman–Crippen LogP) is 3.89. The monoisotopic (exact) mass is 374 g/mol. The minimum absolute atomic E-state index is 0.0129. The second-order valence-electron chi connectivity index (χ2n) is 6.84. The highest BCUT2D eigenvalue weighted by Gasteiger charge is 2.40. The van der Waals surface area contributed by atoms with Crippen molar-refractivity contribution in [2.45, 2.75) is 37.2 Å². The summed E-state index contributed by atoms with van der Waals surface area (Å²) in [4.78, 5) is 19.5. The summed E-state index contributed by atoms with van der Waals surface area (Å²) in [7, 11) is -1.24. The lowest BCUT2D eigenvalue weighted by Crippen LogP contribution is -2.34. The maximum absolute atomic E-state index is 13.0. The third-order valence-corrected chi connectivity index (χ3v) is 6.31. The molecule has 1 amide bonds. The van der Waals surface area contributed by atoms with E-state index in [1.807, 2.05) is 23.1 Å². The summed E-state index contributed by atoms with van der Waals surface area (Å²) < 4.78 is 12.3. The van der Waals surface area contributed by atoms with Gasteiger partial charge in [-0.1, -0.05) is 11.6 Å². The first-order valence-corrected chi connectivity index (χ1v) is 10.3. The number of amides is 1. The third-order valence-electron chi connectivity index (χ3n) is 5.16.